The largest absolute Gasteiger partial charge is 0.335 e. The maximum atomic E-state index is 12.4. The number of hydrogen-bond acceptors (Lipinski definition) is 2. The second-order valence-electron chi connectivity index (χ2n) is 6.06. The van der Waals surface area contributed by atoms with Crippen LogP contribution in [0.25, 0.3) is 0 Å². The molecule has 1 saturated carbocycles. The predicted octanol–water partition coefficient (Wildman–Crippen LogP) is 2.32. The molecule has 0 aromatic rings. The molecule has 1 aliphatic rings. The Balaban J connectivity index is 2.75. The average Bonchev–Trinajstić information content (AvgIpc) is 2.75. The van der Waals surface area contributed by atoms with E-state index in [4.69, 9.17) is 5.73 Å². The number of rotatable bonds is 4. The molecule has 0 radical (unpaired) electrons. The minimum absolute atomic E-state index is 0.0734. The van der Waals surface area contributed by atoms with Crippen molar-refractivity contribution in [2.24, 2.45) is 11.1 Å². The third-order valence-corrected chi connectivity index (χ3v) is 3.57. The average molecular weight is 238 g/mol. The Morgan fingerprint density at radius 3 is 2.41 bits per heavy atom. The van der Waals surface area contributed by atoms with Gasteiger partial charge in [-0.25, -0.2) is 0 Å². The number of hydrogen-bond donors (Lipinski definition) is 1. The minimum Gasteiger partial charge on any atom is -0.335 e. The molecule has 0 unspecified atom stereocenters. The van der Waals surface area contributed by atoms with Crippen LogP contribution >= 0.6 is 0 Å². The van der Waals surface area contributed by atoms with E-state index in [0.717, 1.165) is 12.8 Å². The summed E-state index contributed by atoms with van der Waals surface area (Å²) in [6.45, 7) is 10.4. The lowest BCUT2D eigenvalue weighted by Crippen LogP contribution is -2.53. The van der Waals surface area contributed by atoms with Crippen molar-refractivity contribution in [2.45, 2.75) is 58.5 Å². The molecule has 0 heterocycles. The fourth-order valence-electron chi connectivity index (χ4n) is 2.32. The molecule has 0 bridgehead atoms. The molecule has 1 atom stereocenters. The minimum atomic E-state index is -0.428. The molecule has 0 saturated heterocycles. The summed E-state index contributed by atoms with van der Waals surface area (Å²) < 4.78 is 0. The molecule has 17 heavy (non-hydrogen) atoms. The van der Waals surface area contributed by atoms with Crippen molar-refractivity contribution in [3.8, 4) is 0 Å². The molecular weight excluding hydrogens is 212 g/mol. The molecule has 3 heteroatoms. The number of amides is 1. The fourth-order valence-corrected chi connectivity index (χ4v) is 2.32. The molecule has 1 fully saturated rings. The van der Waals surface area contributed by atoms with E-state index in [2.05, 4.69) is 6.58 Å². The van der Waals surface area contributed by atoms with Gasteiger partial charge in [0.1, 0.15) is 0 Å². The van der Waals surface area contributed by atoms with Crippen LogP contribution in [0.1, 0.15) is 46.5 Å². The molecule has 0 aromatic carbocycles. The number of nitrogens with two attached hydrogens (primary N) is 1. The van der Waals surface area contributed by atoms with Gasteiger partial charge in [0.25, 0.3) is 0 Å². The summed E-state index contributed by atoms with van der Waals surface area (Å²) >= 11 is 0. The van der Waals surface area contributed by atoms with Crippen LogP contribution in [-0.4, -0.2) is 29.4 Å². The maximum absolute atomic E-state index is 12.4. The molecule has 98 valence electrons. The van der Waals surface area contributed by atoms with Crippen molar-refractivity contribution in [1.29, 1.82) is 0 Å². The second-order valence-corrected chi connectivity index (χ2v) is 6.06. The zero-order valence-electron chi connectivity index (χ0n) is 11.4. The molecule has 3 nitrogen and oxygen atoms in total. The van der Waals surface area contributed by atoms with Crippen molar-refractivity contribution >= 4 is 5.91 Å². The van der Waals surface area contributed by atoms with E-state index in [9.17, 15) is 4.79 Å². The summed E-state index contributed by atoms with van der Waals surface area (Å²) in [5.41, 5.74) is 5.88. The third-order valence-electron chi connectivity index (χ3n) is 3.57. The Hall–Kier alpha value is -0.830. The molecule has 1 amide bonds. The molecule has 0 aliphatic heterocycles. The van der Waals surface area contributed by atoms with Crippen molar-refractivity contribution in [3.63, 3.8) is 0 Å². The van der Waals surface area contributed by atoms with Crippen LogP contribution in [0, 0.1) is 5.41 Å². The first kappa shape index (κ1) is 14.2. The van der Waals surface area contributed by atoms with Gasteiger partial charge in [0, 0.05) is 12.6 Å². The van der Waals surface area contributed by atoms with E-state index in [-0.39, 0.29) is 11.3 Å². The fraction of sp³-hybridized carbons (Fsp3) is 0.786. The lowest BCUT2D eigenvalue weighted by atomic mass is 9.86. The molecule has 1 aliphatic carbocycles. The van der Waals surface area contributed by atoms with Crippen LogP contribution in [0.5, 0.6) is 0 Å². The molecule has 0 aromatic heterocycles. The predicted molar refractivity (Wildman–Crippen MR) is 71.6 cm³/mol. The van der Waals surface area contributed by atoms with Crippen LogP contribution in [0.4, 0.5) is 0 Å². The van der Waals surface area contributed by atoms with Gasteiger partial charge in [0.2, 0.25) is 5.91 Å². The summed E-state index contributed by atoms with van der Waals surface area (Å²) in [6.07, 6.45) is 6.45. The molecule has 0 spiro atoms. The van der Waals surface area contributed by atoms with Gasteiger partial charge in [-0.15, -0.1) is 6.58 Å². The van der Waals surface area contributed by atoms with Crippen LogP contribution in [-0.2, 0) is 4.79 Å². The topological polar surface area (TPSA) is 46.3 Å². The van der Waals surface area contributed by atoms with Gasteiger partial charge in [-0.1, -0.05) is 39.7 Å². The van der Waals surface area contributed by atoms with Gasteiger partial charge < -0.3 is 10.6 Å². The lowest BCUT2D eigenvalue weighted by molar-refractivity contribution is -0.136. The van der Waals surface area contributed by atoms with Gasteiger partial charge in [-0.05, 0) is 18.3 Å². The highest BCUT2D eigenvalue weighted by Crippen LogP contribution is 2.26. The number of nitrogens with zero attached hydrogens (tertiary/aromatic N) is 1. The first-order valence-electron chi connectivity index (χ1n) is 6.55. The standard InChI is InChI=1S/C14H26N2O/c1-5-10-16(11-8-6-7-9-11)13(17)12(15)14(2,3)4/h5,11-12H,1,6-10,15H2,2-4H3/t12-/m1/s1. The van der Waals surface area contributed by atoms with E-state index in [1.807, 2.05) is 25.7 Å². The highest BCUT2D eigenvalue weighted by molar-refractivity contribution is 5.83. The first-order chi connectivity index (χ1) is 7.88. The highest BCUT2D eigenvalue weighted by Gasteiger charge is 2.34. The van der Waals surface area contributed by atoms with E-state index in [1.165, 1.54) is 12.8 Å². The summed E-state index contributed by atoms with van der Waals surface area (Å²) in [7, 11) is 0. The SMILES string of the molecule is C=CCN(C(=O)[C@@H](N)C(C)(C)C)C1CCCC1. The second kappa shape index (κ2) is 5.67. The zero-order chi connectivity index (χ0) is 13.1. The summed E-state index contributed by atoms with van der Waals surface area (Å²) in [5.74, 6) is 0.0734. The Morgan fingerprint density at radius 1 is 1.47 bits per heavy atom. The molecule has 2 N–H and O–H groups in total. The van der Waals surface area contributed by atoms with Crippen LogP contribution < -0.4 is 5.73 Å². The van der Waals surface area contributed by atoms with Crippen LogP contribution in [0.2, 0.25) is 0 Å². The molecular formula is C14H26N2O. The van der Waals surface area contributed by atoms with Crippen LogP contribution in [0.3, 0.4) is 0 Å². The monoisotopic (exact) mass is 238 g/mol. The van der Waals surface area contributed by atoms with Gasteiger partial charge in [0.15, 0.2) is 0 Å². The zero-order valence-corrected chi connectivity index (χ0v) is 11.4. The van der Waals surface area contributed by atoms with Gasteiger partial charge >= 0.3 is 0 Å². The first-order valence-corrected chi connectivity index (χ1v) is 6.55. The van der Waals surface area contributed by atoms with Crippen molar-refractivity contribution in [1.82, 2.24) is 4.90 Å². The van der Waals surface area contributed by atoms with Gasteiger partial charge in [-0.2, -0.15) is 0 Å². The van der Waals surface area contributed by atoms with E-state index in [0.29, 0.717) is 12.6 Å². The van der Waals surface area contributed by atoms with Gasteiger partial charge in [-0.3, -0.25) is 4.79 Å². The number of carbonyl (C=O) groups excluding carboxylic acids is 1. The van der Waals surface area contributed by atoms with Crippen molar-refractivity contribution in [3.05, 3.63) is 12.7 Å². The summed E-state index contributed by atoms with van der Waals surface area (Å²) in [6, 6.07) is -0.0584. The Morgan fingerprint density at radius 2 is 2.00 bits per heavy atom. The van der Waals surface area contributed by atoms with E-state index in [1.54, 1.807) is 6.08 Å². The third kappa shape index (κ3) is 3.56. The van der Waals surface area contributed by atoms with Gasteiger partial charge in [0.05, 0.1) is 6.04 Å². The van der Waals surface area contributed by atoms with Crippen LogP contribution in [0.15, 0.2) is 12.7 Å². The Kier molecular flexibility index (Phi) is 4.75. The quantitative estimate of drug-likeness (QED) is 0.764. The highest BCUT2D eigenvalue weighted by atomic mass is 16.2. The van der Waals surface area contributed by atoms with Crippen molar-refractivity contribution < 1.29 is 4.79 Å². The smallest absolute Gasteiger partial charge is 0.240 e. The lowest BCUT2D eigenvalue weighted by Gasteiger charge is -2.35. The summed E-state index contributed by atoms with van der Waals surface area (Å²) in [5, 5.41) is 0. The van der Waals surface area contributed by atoms with E-state index >= 15 is 0 Å². The van der Waals surface area contributed by atoms with E-state index < -0.39 is 6.04 Å². The maximum Gasteiger partial charge on any atom is 0.240 e. The number of carbonyl (C=O) groups is 1. The normalized spacial score (nSPS) is 19.1. The van der Waals surface area contributed by atoms with Crippen molar-refractivity contribution in [2.75, 3.05) is 6.54 Å². The molecule has 1 rings (SSSR count). The summed E-state index contributed by atoms with van der Waals surface area (Å²) in [4.78, 5) is 14.3. The Labute approximate surface area is 105 Å². The Bertz CT molecular complexity index is 274.